The van der Waals surface area contributed by atoms with Crippen LogP contribution in [-0.4, -0.2) is 50.3 Å². The second-order valence-electron chi connectivity index (χ2n) is 7.58. The Balaban J connectivity index is 1.43. The predicted molar refractivity (Wildman–Crippen MR) is 97.1 cm³/mol. The number of carbonyl (C=O) groups is 1. The number of fused-ring (bicyclic) bond motifs is 1. The van der Waals surface area contributed by atoms with Crippen LogP contribution in [0.5, 0.6) is 6.01 Å². The maximum Gasteiger partial charge on any atom is 0.316 e. The Hall–Kier alpha value is -2.77. The topological polar surface area (TPSA) is 90.2 Å². The van der Waals surface area contributed by atoms with Gasteiger partial charge in [0.2, 0.25) is 5.91 Å². The molecule has 1 saturated carbocycles. The van der Waals surface area contributed by atoms with E-state index in [-0.39, 0.29) is 23.4 Å². The van der Waals surface area contributed by atoms with Crippen molar-refractivity contribution in [1.82, 2.24) is 24.6 Å². The van der Waals surface area contributed by atoms with Gasteiger partial charge in [0.25, 0.3) is 5.56 Å². The molecule has 142 valence electrons. The van der Waals surface area contributed by atoms with Crippen LogP contribution in [0.3, 0.4) is 0 Å². The fourth-order valence-electron chi connectivity index (χ4n) is 4.24. The van der Waals surface area contributed by atoms with Gasteiger partial charge in [0.05, 0.1) is 6.61 Å². The van der Waals surface area contributed by atoms with Crippen LogP contribution in [0.15, 0.2) is 35.5 Å². The van der Waals surface area contributed by atoms with Crippen molar-refractivity contribution < 1.29 is 9.53 Å². The molecule has 0 radical (unpaired) electrons. The van der Waals surface area contributed by atoms with Crippen LogP contribution in [-0.2, 0) is 11.3 Å². The van der Waals surface area contributed by atoms with E-state index in [1.165, 1.54) is 16.9 Å². The van der Waals surface area contributed by atoms with Crippen LogP contribution < -0.4 is 10.3 Å². The lowest BCUT2D eigenvalue weighted by Gasteiger charge is -2.28. The Morgan fingerprint density at radius 1 is 1.37 bits per heavy atom. The lowest BCUT2D eigenvalue weighted by molar-refractivity contribution is -0.131. The first-order valence-electron chi connectivity index (χ1n) is 9.27. The Bertz CT molecular complexity index is 881. The number of rotatable bonds is 5. The highest BCUT2D eigenvalue weighted by molar-refractivity contribution is 5.76. The van der Waals surface area contributed by atoms with Crippen LogP contribution in [0.1, 0.15) is 24.8 Å². The molecule has 1 amide bonds. The van der Waals surface area contributed by atoms with E-state index in [1.807, 2.05) is 11.8 Å². The molecule has 8 nitrogen and oxygen atoms in total. The summed E-state index contributed by atoms with van der Waals surface area (Å²) in [5.74, 6) is 0.337. The van der Waals surface area contributed by atoms with Gasteiger partial charge in [0, 0.05) is 43.2 Å². The normalized spacial score (nSPS) is 24.0. The summed E-state index contributed by atoms with van der Waals surface area (Å²) in [4.78, 5) is 34.8. The van der Waals surface area contributed by atoms with Gasteiger partial charge in [-0.25, -0.2) is 14.6 Å². The molecule has 0 spiro atoms. The quantitative estimate of drug-likeness (QED) is 0.782. The molecule has 0 N–H and O–H groups in total. The molecule has 2 fully saturated rings. The zero-order valence-electron chi connectivity index (χ0n) is 15.4. The van der Waals surface area contributed by atoms with Gasteiger partial charge >= 0.3 is 6.01 Å². The summed E-state index contributed by atoms with van der Waals surface area (Å²) in [5.41, 5.74) is 0.667. The third-order valence-electron chi connectivity index (χ3n) is 5.71. The Kier molecular flexibility index (Phi) is 4.63. The highest BCUT2D eigenvalue weighted by atomic mass is 16.5. The van der Waals surface area contributed by atoms with Gasteiger partial charge in [-0.05, 0) is 37.3 Å². The van der Waals surface area contributed by atoms with Gasteiger partial charge in [0.15, 0.2) is 0 Å². The van der Waals surface area contributed by atoms with Crippen molar-refractivity contribution >= 4 is 5.91 Å². The van der Waals surface area contributed by atoms with E-state index in [9.17, 15) is 9.59 Å². The molecule has 8 heteroatoms. The summed E-state index contributed by atoms with van der Waals surface area (Å²) < 4.78 is 7.10. The average molecular weight is 369 g/mol. The number of carbonyl (C=O) groups excluding carboxylic acids is 1. The minimum Gasteiger partial charge on any atom is -0.463 e. The molecule has 2 unspecified atom stereocenters. The number of hydrogen-bond acceptors (Lipinski definition) is 6. The highest BCUT2D eigenvalue weighted by Gasteiger charge is 2.51. The second kappa shape index (κ2) is 7.09. The summed E-state index contributed by atoms with van der Waals surface area (Å²) in [6.07, 6.45) is 8.25. The van der Waals surface area contributed by atoms with Crippen LogP contribution >= 0.6 is 0 Å². The monoisotopic (exact) mass is 369 g/mol. The molecule has 2 aromatic rings. The smallest absolute Gasteiger partial charge is 0.316 e. The molecule has 1 aliphatic carbocycles. The van der Waals surface area contributed by atoms with E-state index in [2.05, 4.69) is 15.1 Å². The molecule has 4 rings (SSSR count). The first kappa shape index (κ1) is 17.6. The van der Waals surface area contributed by atoms with Gasteiger partial charge in [-0.3, -0.25) is 9.59 Å². The number of aryl methyl sites for hydroxylation is 1. The van der Waals surface area contributed by atoms with Gasteiger partial charge in [-0.2, -0.15) is 5.10 Å². The number of hydrogen-bond donors (Lipinski definition) is 0. The van der Waals surface area contributed by atoms with Crippen molar-refractivity contribution in [3.63, 3.8) is 0 Å². The zero-order valence-corrected chi connectivity index (χ0v) is 15.4. The van der Waals surface area contributed by atoms with E-state index < -0.39 is 0 Å². The van der Waals surface area contributed by atoms with Crippen molar-refractivity contribution in [2.45, 2.75) is 32.7 Å². The fourth-order valence-corrected chi connectivity index (χ4v) is 4.24. The Labute approximate surface area is 157 Å². The molecule has 3 heterocycles. The standard InChI is InChI=1S/C19H23N5O3/c1-14-8-20-18(21-9-14)27-13-19-6-2-4-15(19)10-23(12-19)17(26)11-24-16(25)5-3-7-22-24/h3,5,7-9,15H,2,4,6,10-13H2,1H3. The minimum absolute atomic E-state index is 0.0234. The Morgan fingerprint density at radius 3 is 2.96 bits per heavy atom. The molecule has 2 atom stereocenters. The first-order chi connectivity index (χ1) is 13.1. The molecule has 2 aromatic heterocycles. The lowest BCUT2D eigenvalue weighted by atomic mass is 9.82. The molecule has 2 aliphatic rings. The van der Waals surface area contributed by atoms with Crippen LogP contribution in [0.2, 0.25) is 0 Å². The van der Waals surface area contributed by atoms with Crippen molar-refractivity contribution in [2.75, 3.05) is 19.7 Å². The van der Waals surface area contributed by atoms with Crippen molar-refractivity contribution in [2.24, 2.45) is 11.3 Å². The fraction of sp³-hybridized carbons (Fsp3) is 0.526. The average Bonchev–Trinajstić information content (AvgIpc) is 3.21. The van der Waals surface area contributed by atoms with E-state index >= 15 is 0 Å². The number of amides is 1. The summed E-state index contributed by atoms with van der Waals surface area (Å²) in [7, 11) is 0. The summed E-state index contributed by atoms with van der Waals surface area (Å²) in [6, 6.07) is 3.37. The zero-order chi connectivity index (χ0) is 18.9. The highest BCUT2D eigenvalue weighted by Crippen LogP contribution is 2.48. The van der Waals surface area contributed by atoms with Crippen molar-refractivity contribution in [3.05, 3.63) is 46.6 Å². The SMILES string of the molecule is Cc1cnc(OCC23CCCC2CN(C(=O)Cn2ncccc2=O)C3)nc1. The van der Waals surface area contributed by atoms with Crippen LogP contribution in [0, 0.1) is 18.3 Å². The largest absolute Gasteiger partial charge is 0.463 e. The molecule has 0 bridgehead atoms. The summed E-state index contributed by atoms with van der Waals surface area (Å²) in [6.45, 7) is 3.77. The number of aromatic nitrogens is 4. The minimum atomic E-state index is -0.264. The van der Waals surface area contributed by atoms with Gasteiger partial charge < -0.3 is 9.64 Å². The summed E-state index contributed by atoms with van der Waals surface area (Å²) in [5, 5.41) is 3.98. The number of ether oxygens (including phenoxy) is 1. The molecular formula is C19H23N5O3. The van der Waals surface area contributed by atoms with Gasteiger partial charge in [-0.1, -0.05) is 6.42 Å². The van der Waals surface area contributed by atoms with E-state index in [1.54, 1.807) is 18.5 Å². The van der Waals surface area contributed by atoms with E-state index in [0.717, 1.165) is 24.8 Å². The summed E-state index contributed by atoms with van der Waals surface area (Å²) >= 11 is 0. The van der Waals surface area contributed by atoms with Crippen molar-refractivity contribution in [1.29, 1.82) is 0 Å². The number of likely N-dealkylation sites (tertiary alicyclic amines) is 1. The Morgan fingerprint density at radius 2 is 2.19 bits per heavy atom. The van der Waals surface area contributed by atoms with E-state index in [0.29, 0.717) is 31.6 Å². The second-order valence-corrected chi connectivity index (χ2v) is 7.58. The van der Waals surface area contributed by atoms with Crippen molar-refractivity contribution in [3.8, 4) is 6.01 Å². The molecule has 1 aliphatic heterocycles. The van der Waals surface area contributed by atoms with Gasteiger partial charge in [0.1, 0.15) is 6.54 Å². The van der Waals surface area contributed by atoms with Crippen LogP contribution in [0.25, 0.3) is 0 Å². The predicted octanol–water partition coefficient (Wildman–Crippen LogP) is 1.05. The number of nitrogens with zero attached hydrogens (tertiary/aromatic N) is 5. The first-order valence-corrected chi connectivity index (χ1v) is 9.27. The molecule has 1 saturated heterocycles. The van der Waals surface area contributed by atoms with E-state index in [4.69, 9.17) is 4.74 Å². The third kappa shape index (κ3) is 3.56. The van der Waals surface area contributed by atoms with Gasteiger partial charge in [-0.15, -0.1) is 0 Å². The lowest BCUT2D eigenvalue weighted by Crippen LogP contribution is -2.38. The molecular weight excluding hydrogens is 346 g/mol. The molecule has 0 aromatic carbocycles. The maximum absolute atomic E-state index is 12.7. The maximum atomic E-state index is 12.7. The van der Waals surface area contributed by atoms with Crippen LogP contribution in [0.4, 0.5) is 0 Å². The molecule has 27 heavy (non-hydrogen) atoms. The third-order valence-corrected chi connectivity index (χ3v) is 5.71.